The van der Waals surface area contributed by atoms with Crippen molar-refractivity contribution in [1.82, 2.24) is 4.90 Å². The number of amides is 2. The van der Waals surface area contributed by atoms with E-state index in [-0.39, 0.29) is 11.8 Å². The molecule has 0 radical (unpaired) electrons. The summed E-state index contributed by atoms with van der Waals surface area (Å²) in [5.74, 6) is -0.603. The third-order valence-corrected chi connectivity index (χ3v) is 2.65. The summed E-state index contributed by atoms with van der Waals surface area (Å²) in [6, 6.07) is 17.5. The van der Waals surface area contributed by atoms with E-state index >= 15 is 0 Å². The lowest BCUT2D eigenvalue weighted by Crippen LogP contribution is -2.33. The van der Waals surface area contributed by atoms with E-state index in [4.69, 9.17) is 0 Å². The van der Waals surface area contributed by atoms with Crippen molar-refractivity contribution in [3.05, 3.63) is 71.8 Å². The standard InChI is InChI=1S/C15H13NO2/c1-16(14(17)12-8-4-2-5-9-12)15(18)13-10-6-3-7-11-13/h2-11H,1H3. The molecular weight excluding hydrogens is 226 g/mol. The molecule has 0 aliphatic heterocycles. The molecule has 0 aliphatic carbocycles. The molecule has 0 fully saturated rings. The van der Waals surface area contributed by atoms with Gasteiger partial charge in [0.15, 0.2) is 0 Å². The van der Waals surface area contributed by atoms with Crippen molar-refractivity contribution < 1.29 is 9.59 Å². The summed E-state index contributed by atoms with van der Waals surface area (Å²) in [5, 5.41) is 0. The molecule has 0 bridgehead atoms. The van der Waals surface area contributed by atoms with Crippen LogP contribution in [0.15, 0.2) is 60.7 Å². The van der Waals surface area contributed by atoms with Gasteiger partial charge in [0.1, 0.15) is 0 Å². The SMILES string of the molecule is CN(C(=O)c1ccccc1)C(=O)c1ccccc1. The highest BCUT2D eigenvalue weighted by atomic mass is 16.2. The first-order chi connectivity index (χ1) is 8.70. The van der Waals surface area contributed by atoms with E-state index in [2.05, 4.69) is 0 Å². The molecule has 0 aliphatic rings. The molecule has 2 amide bonds. The van der Waals surface area contributed by atoms with Gasteiger partial charge >= 0.3 is 0 Å². The van der Waals surface area contributed by atoms with E-state index < -0.39 is 0 Å². The second kappa shape index (κ2) is 5.27. The molecule has 2 aromatic carbocycles. The second-order valence-corrected chi connectivity index (χ2v) is 3.90. The van der Waals surface area contributed by atoms with E-state index in [0.717, 1.165) is 4.90 Å². The zero-order chi connectivity index (χ0) is 13.0. The minimum atomic E-state index is -0.301. The Morgan fingerprint density at radius 3 is 1.39 bits per heavy atom. The van der Waals surface area contributed by atoms with Crippen LogP contribution in [-0.4, -0.2) is 23.8 Å². The first kappa shape index (κ1) is 12.0. The molecule has 0 saturated heterocycles. The Bertz CT molecular complexity index is 498. The lowest BCUT2D eigenvalue weighted by Gasteiger charge is -2.15. The Labute approximate surface area is 106 Å². The first-order valence-electron chi connectivity index (χ1n) is 5.62. The molecule has 0 unspecified atom stereocenters. The second-order valence-electron chi connectivity index (χ2n) is 3.90. The summed E-state index contributed by atoms with van der Waals surface area (Å²) in [4.78, 5) is 25.3. The van der Waals surface area contributed by atoms with Crippen molar-refractivity contribution in [1.29, 1.82) is 0 Å². The molecule has 0 aromatic heterocycles. The van der Waals surface area contributed by atoms with E-state index in [1.807, 2.05) is 12.1 Å². The van der Waals surface area contributed by atoms with E-state index in [9.17, 15) is 9.59 Å². The fourth-order valence-electron chi connectivity index (χ4n) is 1.64. The van der Waals surface area contributed by atoms with Crippen molar-refractivity contribution in [3.63, 3.8) is 0 Å². The van der Waals surface area contributed by atoms with Crippen LogP contribution in [0.25, 0.3) is 0 Å². The summed E-state index contributed by atoms with van der Waals surface area (Å²) >= 11 is 0. The Balaban J connectivity index is 2.20. The summed E-state index contributed by atoms with van der Waals surface area (Å²) in [7, 11) is 1.49. The van der Waals surface area contributed by atoms with Crippen LogP contribution in [0.5, 0.6) is 0 Å². The van der Waals surface area contributed by atoms with Crippen LogP contribution in [0.4, 0.5) is 0 Å². The van der Waals surface area contributed by atoms with Gasteiger partial charge in [-0.15, -0.1) is 0 Å². The lowest BCUT2D eigenvalue weighted by molar-refractivity contribution is 0.0656. The fraction of sp³-hybridized carbons (Fsp3) is 0.0667. The van der Waals surface area contributed by atoms with Gasteiger partial charge in [-0.3, -0.25) is 14.5 Å². The Hall–Kier alpha value is -2.42. The van der Waals surface area contributed by atoms with E-state index in [1.165, 1.54) is 7.05 Å². The van der Waals surface area contributed by atoms with Crippen LogP contribution in [0.3, 0.4) is 0 Å². The number of imide groups is 1. The van der Waals surface area contributed by atoms with Crippen LogP contribution < -0.4 is 0 Å². The molecule has 0 N–H and O–H groups in total. The van der Waals surface area contributed by atoms with Crippen molar-refractivity contribution >= 4 is 11.8 Å². The average Bonchev–Trinajstić information content (AvgIpc) is 2.47. The van der Waals surface area contributed by atoms with Crippen molar-refractivity contribution in [3.8, 4) is 0 Å². The normalized spacial score (nSPS) is 9.83. The maximum atomic E-state index is 12.1. The molecule has 0 heterocycles. The minimum Gasteiger partial charge on any atom is -0.278 e. The quantitative estimate of drug-likeness (QED) is 0.755. The minimum absolute atomic E-state index is 0.301. The van der Waals surface area contributed by atoms with Crippen molar-refractivity contribution in [2.75, 3.05) is 7.05 Å². The van der Waals surface area contributed by atoms with Gasteiger partial charge in [-0.25, -0.2) is 0 Å². The molecule has 90 valence electrons. The largest absolute Gasteiger partial charge is 0.278 e. The summed E-state index contributed by atoms with van der Waals surface area (Å²) < 4.78 is 0. The molecule has 2 rings (SSSR count). The zero-order valence-corrected chi connectivity index (χ0v) is 10.0. The maximum Gasteiger partial charge on any atom is 0.260 e. The number of carbonyl (C=O) groups excluding carboxylic acids is 2. The van der Waals surface area contributed by atoms with Gasteiger partial charge in [0, 0.05) is 18.2 Å². The topological polar surface area (TPSA) is 37.4 Å². The number of carbonyl (C=O) groups is 2. The number of rotatable bonds is 2. The molecule has 0 atom stereocenters. The lowest BCUT2D eigenvalue weighted by atomic mass is 10.1. The molecule has 3 nitrogen and oxygen atoms in total. The molecule has 2 aromatic rings. The van der Waals surface area contributed by atoms with Crippen molar-refractivity contribution in [2.24, 2.45) is 0 Å². The van der Waals surface area contributed by atoms with Crippen LogP contribution >= 0.6 is 0 Å². The Kier molecular flexibility index (Phi) is 3.53. The zero-order valence-electron chi connectivity index (χ0n) is 10.0. The van der Waals surface area contributed by atoms with Crippen LogP contribution in [0.1, 0.15) is 20.7 Å². The Morgan fingerprint density at radius 2 is 1.06 bits per heavy atom. The molecular formula is C15H13NO2. The van der Waals surface area contributed by atoms with Crippen LogP contribution in [0, 0.1) is 0 Å². The fourth-order valence-corrected chi connectivity index (χ4v) is 1.64. The highest BCUT2D eigenvalue weighted by Crippen LogP contribution is 2.08. The van der Waals surface area contributed by atoms with E-state index in [0.29, 0.717) is 11.1 Å². The monoisotopic (exact) mass is 239 g/mol. The highest BCUT2D eigenvalue weighted by Gasteiger charge is 2.19. The number of hydrogen-bond acceptors (Lipinski definition) is 2. The Morgan fingerprint density at radius 1 is 0.722 bits per heavy atom. The van der Waals surface area contributed by atoms with Gasteiger partial charge < -0.3 is 0 Å². The van der Waals surface area contributed by atoms with Gasteiger partial charge in [-0.05, 0) is 24.3 Å². The molecule has 0 spiro atoms. The van der Waals surface area contributed by atoms with Gasteiger partial charge in [-0.1, -0.05) is 36.4 Å². The average molecular weight is 239 g/mol. The third-order valence-electron chi connectivity index (χ3n) is 2.65. The highest BCUT2D eigenvalue weighted by molar-refractivity contribution is 6.10. The molecule has 0 saturated carbocycles. The molecule has 18 heavy (non-hydrogen) atoms. The van der Waals surface area contributed by atoms with Crippen LogP contribution in [-0.2, 0) is 0 Å². The summed E-state index contributed by atoms with van der Waals surface area (Å²) in [6.45, 7) is 0. The predicted octanol–water partition coefficient (Wildman–Crippen LogP) is 2.60. The number of hydrogen-bond donors (Lipinski definition) is 0. The summed E-state index contributed by atoms with van der Waals surface area (Å²) in [5.41, 5.74) is 1.01. The maximum absolute atomic E-state index is 12.1. The van der Waals surface area contributed by atoms with Crippen LogP contribution in [0.2, 0.25) is 0 Å². The number of benzene rings is 2. The summed E-state index contributed by atoms with van der Waals surface area (Å²) in [6.07, 6.45) is 0. The first-order valence-corrected chi connectivity index (χ1v) is 5.62. The van der Waals surface area contributed by atoms with Gasteiger partial charge in [0.25, 0.3) is 11.8 Å². The number of nitrogens with zero attached hydrogens (tertiary/aromatic N) is 1. The van der Waals surface area contributed by atoms with Gasteiger partial charge in [-0.2, -0.15) is 0 Å². The van der Waals surface area contributed by atoms with Gasteiger partial charge in [0.2, 0.25) is 0 Å². The third kappa shape index (κ3) is 2.46. The van der Waals surface area contributed by atoms with Crippen molar-refractivity contribution in [2.45, 2.75) is 0 Å². The predicted molar refractivity (Wildman–Crippen MR) is 69.3 cm³/mol. The molecule has 3 heteroatoms. The van der Waals surface area contributed by atoms with Gasteiger partial charge in [0.05, 0.1) is 0 Å². The smallest absolute Gasteiger partial charge is 0.260 e. The van der Waals surface area contributed by atoms with E-state index in [1.54, 1.807) is 48.5 Å².